The highest BCUT2D eigenvalue weighted by Crippen LogP contribution is 2.47. The molecule has 0 spiro atoms. The van der Waals surface area contributed by atoms with E-state index in [-0.39, 0.29) is 17.3 Å². The number of anilines is 3. The lowest BCUT2D eigenvalue weighted by Gasteiger charge is -2.27. The van der Waals surface area contributed by atoms with Crippen molar-refractivity contribution < 1.29 is 19.1 Å². The molecule has 5 aromatic rings. The molecule has 0 radical (unpaired) electrons. The topological polar surface area (TPSA) is 117 Å². The summed E-state index contributed by atoms with van der Waals surface area (Å²) < 4.78 is 11.9. The van der Waals surface area contributed by atoms with E-state index in [4.69, 9.17) is 9.47 Å². The minimum atomic E-state index is -0.876. The minimum Gasteiger partial charge on any atom is -0.489 e. The van der Waals surface area contributed by atoms with Gasteiger partial charge in [0.2, 0.25) is 0 Å². The van der Waals surface area contributed by atoms with Gasteiger partial charge in [-0.05, 0) is 66.4 Å². The Hall–Kier alpha value is -5.40. The number of amides is 3. The summed E-state index contributed by atoms with van der Waals surface area (Å²) in [7, 11) is -0.876. The molecule has 7 rings (SSSR count). The van der Waals surface area contributed by atoms with E-state index in [2.05, 4.69) is 21.7 Å². The largest absolute Gasteiger partial charge is 0.489 e. The molecule has 0 saturated heterocycles. The van der Waals surface area contributed by atoms with Crippen molar-refractivity contribution in [2.45, 2.75) is 51.4 Å². The number of ether oxygens (including phenoxy) is 2. The second-order valence-electron chi connectivity index (χ2n) is 11.4. The lowest BCUT2D eigenvalue weighted by molar-refractivity contribution is 0.252. The van der Waals surface area contributed by atoms with E-state index in [0.29, 0.717) is 52.2 Å². The Balaban J connectivity index is 1.04. The number of para-hydroxylation sites is 1. The number of urea groups is 1. The van der Waals surface area contributed by atoms with Crippen LogP contribution in [0.1, 0.15) is 48.8 Å². The minimum absolute atomic E-state index is 0.0396. The molecule has 1 aliphatic carbocycles. The maximum Gasteiger partial charge on any atom is 0.458 e. The fourth-order valence-corrected chi connectivity index (χ4v) is 7.71. The quantitative estimate of drug-likeness (QED) is 0.158. The highest BCUT2D eigenvalue weighted by molar-refractivity contribution is 7.54. The number of carbonyl (C=O) groups excluding carboxylic acids is 2. The maximum atomic E-state index is 13.4. The van der Waals surface area contributed by atoms with Crippen LogP contribution in [0.4, 0.5) is 26.7 Å². The summed E-state index contributed by atoms with van der Waals surface area (Å²) in [5.41, 5.74) is 4.40. The normalized spacial score (nSPS) is 14.8. The van der Waals surface area contributed by atoms with Crippen molar-refractivity contribution >= 4 is 49.0 Å². The van der Waals surface area contributed by atoms with Gasteiger partial charge in [0, 0.05) is 12.2 Å². The Morgan fingerprint density at radius 2 is 1.78 bits per heavy atom. The van der Waals surface area contributed by atoms with Crippen LogP contribution in [0.25, 0.3) is 10.2 Å². The molecule has 10 heteroatoms. The van der Waals surface area contributed by atoms with Crippen LogP contribution in [0, 0.1) is 11.3 Å². The molecule has 3 aromatic carbocycles. The SMILES string of the molecule is N#Cc1ccccc1OCc1cccc(OCc2ccc(N3C(=O)Nc4c[s+](C(=O)NC5CCCCC5)c5nccc3c45)cc2)c1. The van der Waals surface area contributed by atoms with Crippen molar-refractivity contribution in [2.24, 2.45) is 0 Å². The summed E-state index contributed by atoms with van der Waals surface area (Å²) in [6, 6.07) is 26.3. The Bertz CT molecular complexity index is 1960. The molecule has 9 nitrogen and oxygen atoms in total. The van der Waals surface area contributed by atoms with Gasteiger partial charge >= 0.3 is 11.3 Å². The van der Waals surface area contributed by atoms with E-state index < -0.39 is 10.5 Å². The van der Waals surface area contributed by atoms with Crippen molar-refractivity contribution in [3.05, 3.63) is 107 Å². The van der Waals surface area contributed by atoms with E-state index in [0.717, 1.165) is 42.2 Å². The number of pyridine rings is 1. The molecule has 1 aliphatic heterocycles. The van der Waals surface area contributed by atoms with Gasteiger partial charge in [-0.15, -0.1) is 0 Å². The molecule has 3 amide bonds. The fraction of sp³-hybridized carbons (Fsp3) is 0.222. The lowest BCUT2D eigenvalue weighted by atomic mass is 9.96. The van der Waals surface area contributed by atoms with Gasteiger partial charge < -0.3 is 20.1 Å². The van der Waals surface area contributed by atoms with Crippen molar-refractivity contribution in [1.29, 1.82) is 5.26 Å². The smallest absolute Gasteiger partial charge is 0.458 e. The van der Waals surface area contributed by atoms with E-state index in [1.165, 1.54) is 6.42 Å². The van der Waals surface area contributed by atoms with Crippen molar-refractivity contribution in [1.82, 2.24) is 10.3 Å². The molecular weight excluding hydrogens is 598 g/mol. The summed E-state index contributed by atoms with van der Waals surface area (Å²) in [6.07, 6.45) is 7.18. The van der Waals surface area contributed by atoms with Gasteiger partial charge in [0.15, 0.2) is 5.38 Å². The number of nitriles is 1. The van der Waals surface area contributed by atoms with Gasteiger partial charge in [-0.1, -0.05) is 55.7 Å². The Labute approximate surface area is 269 Å². The number of nitrogens with one attached hydrogen (secondary N) is 2. The molecule has 1 fully saturated rings. The standard InChI is InChI=1S/C36H31N5O4S/c37-20-26-8-4-5-12-32(26)45-22-25-7-6-11-29(19-25)44-21-24-13-15-28(16-14-24)41-31-17-18-38-34-33(31)30(40-35(41)42)23-46(34)36(43)39-27-9-2-1-3-10-27/h4-8,11-19,23,27H,1-3,9-10,21-22H2,(H-,39,40,42,43)/p+1. The summed E-state index contributed by atoms with van der Waals surface area (Å²) >= 11 is 0. The zero-order valence-electron chi connectivity index (χ0n) is 25.1. The summed E-state index contributed by atoms with van der Waals surface area (Å²) in [5.74, 6) is 1.24. The fourth-order valence-electron chi connectivity index (χ4n) is 6.00. The third-order valence-corrected chi connectivity index (χ3v) is 10.0. The number of hydrogen-bond acceptors (Lipinski definition) is 6. The summed E-state index contributed by atoms with van der Waals surface area (Å²) in [6.45, 7) is 0.648. The lowest BCUT2D eigenvalue weighted by Crippen LogP contribution is -2.33. The molecule has 0 bridgehead atoms. The van der Waals surface area contributed by atoms with Crippen molar-refractivity contribution in [3.63, 3.8) is 0 Å². The maximum absolute atomic E-state index is 13.4. The number of rotatable bonds is 9. The molecule has 46 heavy (non-hydrogen) atoms. The third-order valence-electron chi connectivity index (χ3n) is 8.32. The van der Waals surface area contributed by atoms with Crippen LogP contribution in [-0.4, -0.2) is 22.3 Å². The van der Waals surface area contributed by atoms with E-state index in [1.807, 2.05) is 66.0 Å². The number of benzene rings is 3. The molecule has 1 atom stereocenters. The van der Waals surface area contributed by atoms with E-state index in [1.54, 1.807) is 29.3 Å². The second-order valence-corrected chi connectivity index (χ2v) is 13.1. The zero-order valence-corrected chi connectivity index (χ0v) is 25.9. The van der Waals surface area contributed by atoms with Crippen LogP contribution in [0.3, 0.4) is 0 Å². The second kappa shape index (κ2) is 12.9. The van der Waals surface area contributed by atoms with Gasteiger partial charge in [0.05, 0.1) is 16.9 Å². The molecule has 2 N–H and O–H groups in total. The van der Waals surface area contributed by atoms with Crippen LogP contribution in [0.2, 0.25) is 0 Å². The Kier molecular flexibility index (Phi) is 8.23. The van der Waals surface area contributed by atoms with Crippen LogP contribution in [-0.2, 0) is 13.2 Å². The molecule has 2 aliphatic rings. The molecule has 2 aromatic heterocycles. The van der Waals surface area contributed by atoms with Gasteiger partial charge in [-0.25, -0.2) is 14.6 Å². The van der Waals surface area contributed by atoms with E-state index >= 15 is 0 Å². The molecule has 3 heterocycles. The predicted molar refractivity (Wildman–Crippen MR) is 179 cm³/mol. The highest BCUT2D eigenvalue weighted by Gasteiger charge is 2.37. The first-order chi connectivity index (χ1) is 22.6. The number of carbonyl (C=O) groups is 2. The van der Waals surface area contributed by atoms with Crippen LogP contribution in [0.15, 0.2) is 90.4 Å². The molecule has 230 valence electrons. The average Bonchev–Trinajstić information content (AvgIpc) is 3.47. The predicted octanol–water partition coefficient (Wildman–Crippen LogP) is 8.59. The zero-order chi connectivity index (χ0) is 31.5. The van der Waals surface area contributed by atoms with Gasteiger partial charge in [0.25, 0.3) is 4.83 Å². The Morgan fingerprint density at radius 1 is 0.978 bits per heavy atom. The van der Waals surface area contributed by atoms with Crippen LogP contribution >= 0.6 is 10.5 Å². The molecule has 1 saturated carbocycles. The van der Waals surface area contributed by atoms with Gasteiger partial charge in [-0.2, -0.15) is 5.26 Å². The van der Waals surface area contributed by atoms with Crippen molar-refractivity contribution in [3.8, 4) is 17.6 Å². The number of aromatic nitrogens is 1. The monoisotopic (exact) mass is 630 g/mol. The number of hydrogen-bond donors (Lipinski definition) is 2. The first-order valence-corrected chi connectivity index (χ1v) is 16.6. The number of nitrogens with zero attached hydrogens (tertiary/aromatic N) is 3. The third kappa shape index (κ3) is 5.97. The van der Waals surface area contributed by atoms with Crippen LogP contribution < -0.4 is 25.0 Å². The van der Waals surface area contributed by atoms with Crippen molar-refractivity contribution in [2.75, 3.05) is 10.2 Å². The first kappa shape index (κ1) is 29.3. The molecule has 1 unspecified atom stereocenters. The summed E-state index contributed by atoms with van der Waals surface area (Å²) in [4.78, 5) is 33.6. The van der Waals surface area contributed by atoms with Gasteiger partial charge in [-0.3, -0.25) is 4.90 Å². The van der Waals surface area contributed by atoms with Gasteiger partial charge in [0.1, 0.15) is 52.3 Å². The highest BCUT2D eigenvalue weighted by atomic mass is 32.2. The summed E-state index contributed by atoms with van der Waals surface area (Å²) in [5, 5.41) is 18.1. The van der Waals surface area contributed by atoms with Crippen LogP contribution in [0.5, 0.6) is 11.5 Å². The first-order valence-electron chi connectivity index (χ1n) is 15.4. The Morgan fingerprint density at radius 3 is 2.61 bits per heavy atom. The van der Waals surface area contributed by atoms with E-state index in [9.17, 15) is 14.9 Å². The number of thiophene rings is 1. The average molecular weight is 631 g/mol. The molecular formula is C36H32N5O4S+.